The van der Waals surface area contributed by atoms with Gasteiger partial charge < -0.3 is 5.32 Å². The van der Waals surface area contributed by atoms with Gasteiger partial charge in [-0.1, -0.05) is 0 Å². The first-order chi connectivity index (χ1) is 5.83. The Hall–Kier alpha value is -1.45. The SMILES string of the molecule is O=C=C1C=CNC(=C=O)C1=C=O.[Re]. The Morgan fingerprint density at radius 2 is 1.77 bits per heavy atom. The summed E-state index contributed by atoms with van der Waals surface area (Å²) in [6, 6.07) is 0. The van der Waals surface area contributed by atoms with Crippen LogP contribution in [-0.4, -0.2) is 17.8 Å². The molecule has 5 heteroatoms. The fourth-order valence-electron chi connectivity index (χ4n) is 0.770. The number of rotatable bonds is 0. The van der Waals surface area contributed by atoms with Crippen LogP contribution in [0.4, 0.5) is 0 Å². The van der Waals surface area contributed by atoms with Gasteiger partial charge in [0.15, 0.2) is 5.94 Å². The number of nitrogens with one attached hydrogen (secondary N) is 1. The molecule has 0 aromatic heterocycles. The first-order valence-corrected chi connectivity index (χ1v) is 3.02. The van der Waals surface area contributed by atoms with Gasteiger partial charge in [-0.15, -0.1) is 0 Å². The number of hydrogen-bond donors (Lipinski definition) is 1. The van der Waals surface area contributed by atoms with Crippen molar-refractivity contribution >= 4 is 17.8 Å². The molecule has 0 saturated heterocycles. The van der Waals surface area contributed by atoms with Gasteiger partial charge in [0.25, 0.3) is 0 Å². The zero-order valence-electron chi connectivity index (χ0n) is 6.26. The third kappa shape index (κ3) is 2.24. The van der Waals surface area contributed by atoms with Crippen LogP contribution in [0.15, 0.2) is 29.1 Å². The quantitative estimate of drug-likeness (QED) is 0.591. The van der Waals surface area contributed by atoms with Crippen molar-refractivity contribution < 1.29 is 34.8 Å². The number of allylic oxidation sites excluding steroid dienone is 2. The minimum absolute atomic E-state index is 0. The summed E-state index contributed by atoms with van der Waals surface area (Å²) >= 11 is 0. The molecule has 0 unspecified atom stereocenters. The van der Waals surface area contributed by atoms with E-state index in [0.29, 0.717) is 0 Å². The molecule has 0 aromatic rings. The zero-order chi connectivity index (χ0) is 8.97. The van der Waals surface area contributed by atoms with E-state index in [-0.39, 0.29) is 37.3 Å². The third-order valence-corrected chi connectivity index (χ3v) is 1.31. The van der Waals surface area contributed by atoms with Crippen molar-refractivity contribution in [3.05, 3.63) is 29.1 Å². The first-order valence-electron chi connectivity index (χ1n) is 3.02. The van der Waals surface area contributed by atoms with E-state index in [2.05, 4.69) is 5.32 Å². The number of hydrogen-bond acceptors (Lipinski definition) is 4. The molecule has 0 saturated carbocycles. The van der Waals surface area contributed by atoms with Crippen LogP contribution in [0.3, 0.4) is 0 Å². The molecular weight excluding hydrogens is 344 g/mol. The molecule has 1 N–H and O–H groups in total. The van der Waals surface area contributed by atoms with E-state index in [1.54, 1.807) is 0 Å². The van der Waals surface area contributed by atoms with Gasteiger partial charge in [0.05, 0.1) is 5.57 Å². The second-order valence-electron chi connectivity index (χ2n) is 1.95. The van der Waals surface area contributed by atoms with Crippen LogP contribution in [0.25, 0.3) is 0 Å². The summed E-state index contributed by atoms with van der Waals surface area (Å²) in [6.07, 6.45) is 2.68. The average molecular weight is 347 g/mol. The van der Waals surface area contributed by atoms with Gasteiger partial charge in [-0.3, -0.25) is 0 Å². The molecule has 13 heavy (non-hydrogen) atoms. The van der Waals surface area contributed by atoms with Crippen molar-refractivity contribution in [3.63, 3.8) is 0 Å². The molecule has 0 fully saturated rings. The maximum Gasteiger partial charge on any atom is 0.152 e. The fourth-order valence-corrected chi connectivity index (χ4v) is 0.770. The molecule has 1 heterocycles. The molecule has 0 aliphatic carbocycles. The maximum absolute atomic E-state index is 10.3. The molecule has 1 rings (SSSR count). The van der Waals surface area contributed by atoms with Crippen LogP contribution in [0.5, 0.6) is 0 Å². The summed E-state index contributed by atoms with van der Waals surface area (Å²) in [6.45, 7) is 0. The topological polar surface area (TPSA) is 63.2 Å². The van der Waals surface area contributed by atoms with Crippen molar-refractivity contribution in [2.75, 3.05) is 0 Å². The van der Waals surface area contributed by atoms with Gasteiger partial charge in [-0.2, -0.15) is 0 Å². The predicted molar refractivity (Wildman–Crippen MR) is 39.9 cm³/mol. The van der Waals surface area contributed by atoms with E-state index in [0.717, 1.165) is 0 Å². The summed E-state index contributed by atoms with van der Waals surface area (Å²) < 4.78 is 0. The van der Waals surface area contributed by atoms with E-state index >= 15 is 0 Å². The minimum atomic E-state index is -0.137. The normalized spacial score (nSPS) is 13.4. The Labute approximate surface area is 87.3 Å². The van der Waals surface area contributed by atoms with E-state index < -0.39 is 0 Å². The second-order valence-corrected chi connectivity index (χ2v) is 1.95. The van der Waals surface area contributed by atoms with E-state index in [1.165, 1.54) is 30.1 Å². The van der Waals surface area contributed by atoms with Gasteiger partial charge in [0.2, 0.25) is 0 Å². The van der Waals surface area contributed by atoms with Crippen molar-refractivity contribution in [3.8, 4) is 0 Å². The summed E-state index contributed by atoms with van der Waals surface area (Å²) in [5.41, 5.74) is -0.226. The van der Waals surface area contributed by atoms with Gasteiger partial charge in [-0.05, 0) is 6.08 Å². The largest absolute Gasteiger partial charge is 0.352 e. The van der Waals surface area contributed by atoms with Crippen LogP contribution < -0.4 is 5.32 Å². The molecule has 0 aromatic carbocycles. The van der Waals surface area contributed by atoms with Crippen molar-refractivity contribution in [1.29, 1.82) is 0 Å². The van der Waals surface area contributed by atoms with Crippen molar-refractivity contribution in [1.82, 2.24) is 5.32 Å². The van der Waals surface area contributed by atoms with Crippen LogP contribution in [0.1, 0.15) is 0 Å². The molecule has 1 radical (unpaired) electrons. The molecule has 0 bridgehead atoms. The Morgan fingerprint density at radius 3 is 2.23 bits per heavy atom. The molecule has 0 atom stereocenters. The van der Waals surface area contributed by atoms with Crippen LogP contribution in [0, 0.1) is 0 Å². The Kier molecular flexibility index (Phi) is 4.66. The molecule has 4 nitrogen and oxygen atoms in total. The summed E-state index contributed by atoms with van der Waals surface area (Å²) in [5.74, 6) is 4.44. The smallest absolute Gasteiger partial charge is 0.152 e. The molecule has 65 valence electrons. The fraction of sp³-hybridized carbons (Fsp3) is 0. The summed E-state index contributed by atoms with van der Waals surface area (Å²) in [4.78, 5) is 30.7. The van der Waals surface area contributed by atoms with E-state index in [4.69, 9.17) is 0 Å². The van der Waals surface area contributed by atoms with Crippen molar-refractivity contribution in [2.45, 2.75) is 0 Å². The van der Waals surface area contributed by atoms with Gasteiger partial charge in [0.1, 0.15) is 23.2 Å². The Balaban J connectivity index is 0.00000144. The Morgan fingerprint density at radius 1 is 1.08 bits per heavy atom. The minimum Gasteiger partial charge on any atom is -0.352 e. The average Bonchev–Trinajstić information content (AvgIpc) is 2.16. The van der Waals surface area contributed by atoms with Crippen LogP contribution in [-0.2, 0) is 34.8 Å². The standard InChI is InChI=1S/C8H3NO3.Re/c10-3-6-1-2-9-8(5-12)7(6)4-11;/h1-2,9H;. The Bertz CT molecular complexity index is 392. The number of carbonyl (C=O) groups excluding carboxylic acids is 3. The van der Waals surface area contributed by atoms with Gasteiger partial charge in [0, 0.05) is 26.6 Å². The third-order valence-electron chi connectivity index (χ3n) is 1.31. The van der Waals surface area contributed by atoms with Crippen molar-refractivity contribution in [2.24, 2.45) is 0 Å². The molecule has 0 spiro atoms. The molecule has 1 aliphatic rings. The first kappa shape index (κ1) is 11.6. The molecule has 0 amide bonds. The summed E-state index contributed by atoms with van der Waals surface area (Å²) in [5, 5.41) is 2.45. The van der Waals surface area contributed by atoms with E-state index in [1.807, 2.05) is 0 Å². The van der Waals surface area contributed by atoms with Crippen LogP contribution >= 0.6 is 0 Å². The maximum atomic E-state index is 10.3. The second kappa shape index (κ2) is 5.24. The van der Waals surface area contributed by atoms with Gasteiger partial charge >= 0.3 is 0 Å². The molecular formula is C8H3NO3Re. The summed E-state index contributed by atoms with van der Waals surface area (Å²) in [7, 11) is 0. The predicted octanol–water partition coefficient (Wildman–Crippen LogP) is -0.668. The molecule has 1 aliphatic heterocycles. The van der Waals surface area contributed by atoms with Crippen LogP contribution in [0.2, 0.25) is 0 Å². The van der Waals surface area contributed by atoms with E-state index in [9.17, 15) is 14.4 Å². The monoisotopic (exact) mass is 348 g/mol. The zero-order valence-corrected chi connectivity index (χ0v) is 8.97. The van der Waals surface area contributed by atoms with Gasteiger partial charge in [-0.25, -0.2) is 14.4 Å².